The van der Waals surface area contributed by atoms with Gasteiger partial charge in [-0.3, -0.25) is 4.79 Å². The van der Waals surface area contributed by atoms with E-state index in [-0.39, 0.29) is 0 Å². The fourth-order valence-electron chi connectivity index (χ4n) is 2.43. The molecule has 0 aliphatic rings. The number of carbonyl (C=O) groups excluding carboxylic acids is 2. The summed E-state index contributed by atoms with van der Waals surface area (Å²) in [5.74, 6) is -0.413. The van der Waals surface area contributed by atoms with Crippen molar-refractivity contribution in [1.82, 2.24) is 0 Å². The number of hydrogen-bond donors (Lipinski definition) is 1. The summed E-state index contributed by atoms with van der Waals surface area (Å²) in [4.78, 5) is 23.3. The third-order valence-electron chi connectivity index (χ3n) is 3.73. The number of allylic oxidation sites excluding steroid dienone is 2. The summed E-state index contributed by atoms with van der Waals surface area (Å²) in [5.41, 5.74) is 4.32. The molecular weight excluding hydrogens is 290 g/mol. The topological polar surface area (TPSA) is 55.4 Å². The van der Waals surface area contributed by atoms with Gasteiger partial charge in [0.1, 0.15) is 0 Å². The van der Waals surface area contributed by atoms with E-state index in [4.69, 9.17) is 4.74 Å². The molecule has 0 aromatic heterocycles. The smallest absolute Gasteiger partial charge is 0.337 e. The third-order valence-corrected chi connectivity index (χ3v) is 3.73. The normalized spacial score (nSPS) is 11.4. The van der Waals surface area contributed by atoms with Gasteiger partial charge in [0.2, 0.25) is 0 Å². The lowest BCUT2D eigenvalue weighted by Crippen LogP contribution is -2.04. The Morgan fingerprint density at radius 1 is 1.09 bits per heavy atom. The maximum absolute atomic E-state index is 11.7. The minimum absolute atomic E-state index is 0.413. The lowest BCUT2D eigenvalue weighted by Gasteiger charge is -2.13. The maximum Gasteiger partial charge on any atom is 0.337 e. The molecule has 0 amide bonds. The van der Waals surface area contributed by atoms with Crippen LogP contribution in [0.4, 0.5) is 5.69 Å². The summed E-state index contributed by atoms with van der Waals surface area (Å²) in [5, 5.41) is 3.04. The van der Waals surface area contributed by atoms with Gasteiger partial charge in [-0.15, -0.1) is 0 Å². The highest BCUT2D eigenvalue weighted by molar-refractivity contribution is 6.18. The summed E-state index contributed by atoms with van der Waals surface area (Å²) in [6.07, 6.45) is 0.844. The SMILES string of the molecule is CNc1cc(C(=O)OC)ccc1/C(C=O)=C(/C)c1ccccc1. The fourth-order valence-corrected chi connectivity index (χ4v) is 2.43. The van der Waals surface area contributed by atoms with Gasteiger partial charge < -0.3 is 10.1 Å². The van der Waals surface area contributed by atoms with E-state index in [1.807, 2.05) is 37.3 Å². The van der Waals surface area contributed by atoms with E-state index >= 15 is 0 Å². The molecule has 0 aliphatic heterocycles. The molecule has 0 aliphatic carbocycles. The van der Waals surface area contributed by atoms with Gasteiger partial charge in [-0.25, -0.2) is 4.79 Å². The molecule has 23 heavy (non-hydrogen) atoms. The highest BCUT2D eigenvalue weighted by Crippen LogP contribution is 2.30. The van der Waals surface area contributed by atoms with E-state index in [1.165, 1.54) is 7.11 Å². The molecule has 0 bridgehead atoms. The summed E-state index contributed by atoms with van der Waals surface area (Å²) in [6.45, 7) is 1.91. The minimum atomic E-state index is -0.413. The minimum Gasteiger partial charge on any atom is -0.465 e. The Morgan fingerprint density at radius 2 is 1.78 bits per heavy atom. The third kappa shape index (κ3) is 3.48. The molecule has 0 spiro atoms. The van der Waals surface area contributed by atoms with Crippen LogP contribution in [-0.4, -0.2) is 26.4 Å². The van der Waals surface area contributed by atoms with Crippen LogP contribution in [-0.2, 0) is 9.53 Å². The second-order valence-corrected chi connectivity index (χ2v) is 5.02. The average Bonchev–Trinajstić information content (AvgIpc) is 2.62. The number of aldehydes is 1. The van der Waals surface area contributed by atoms with Crippen LogP contribution in [0.3, 0.4) is 0 Å². The molecule has 0 saturated heterocycles. The Kier molecular flexibility index (Phi) is 5.31. The number of ether oxygens (including phenoxy) is 1. The number of rotatable bonds is 5. The van der Waals surface area contributed by atoms with Crippen LogP contribution >= 0.6 is 0 Å². The monoisotopic (exact) mass is 309 g/mol. The second-order valence-electron chi connectivity index (χ2n) is 5.02. The summed E-state index contributed by atoms with van der Waals surface area (Å²) in [6, 6.07) is 14.8. The molecule has 118 valence electrons. The highest BCUT2D eigenvalue weighted by Gasteiger charge is 2.14. The number of esters is 1. The van der Waals surface area contributed by atoms with Crippen molar-refractivity contribution in [3.05, 3.63) is 65.2 Å². The van der Waals surface area contributed by atoms with E-state index in [1.54, 1.807) is 25.2 Å². The molecule has 2 rings (SSSR count). The number of methoxy groups -OCH3 is 1. The standard InChI is InChI=1S/C19H19NO3/c1-13(14-7-5-4-6-8-14)17(12-21)16-10-9-15(19(22)23-3)11-18(16)20-2/h4-12,20H,1-3H3/b17-13-. The molecule has 0 heterocycles. The van der Waals surface area contributed by atoms with E-state index in [2.05, 4.69) is 5.32 Å². The zero-order chi connectivity index (χ0) is 16.8. The van der Waals surface area contributed by atoms with Crippen molar-refractivity contribution >= 4 is 29.1 Å². The van der Waals surface area contributed by atoms with Crippen molar-refractivity contribution in [1.29, 1.82) is 0 Å². The molecular formula is C19H19NO3. The molecule has 0 unspecified atom stereocenters. The molecule has 1 N–H and O–H groups in total. The Labute approximate surface area is 135 Å². The lowest BCUT2D eigenvalue weighted by molar-refractivity contribution is -0.103. The number of anilines is 1. The number of nitrogens with one attached hydrogen (secondary N) is 1. The van der Waals surface area contributed by atoms with E-state index < -0.39 is 5.97 Å². The van der Waals surface area contributed by atoms with Gasteiger partial charge in [0.05, 0.1) is 12.7 Å². The van der Waals surface area contributed by atoms with Crippen LogP contribution in [0.15, 0.2) is 48.5 Å². The highest BCUT2D eigenvalue weighted by atomic mass is 16.5. The van der Waals surface area contributed by atoms with Gasteiger partial charge in [0, 0.05) is 23.9 Å². The van der Waals surface area contributed by atoms with E-state index in [9.17, 15) is 9.59 Å². The van der Waals surface area contributed by atoms with Crippen molar-refractivity contribution in [3.63, 3.8) is 0 Å². The van der Waals surface area contributed by atoms with Crippen molar-refractivity contribution < 1.29 is 14.3 Å². The average molecular weight is 309 g/mol. The first-order valence-corrected chi connectivity index (χ1v) is 7.24. The predicted molar refractivity (Wildman–Crippen MR) is 92.3 cm³/mol. The molecule has 0 fully saturated rings. The quantitative estimate of drug-likeness (QED) is 0.396. The number of carbonyl (C=O) groups is 2. The van der Waals surface area contributed by atoms with Crippen molar-refractivity contribution in [2.24, 2.45) is 0 Å². The summed E-state index contributed by atoms with van der Waals surface area (Å²) in [7, 11) is 3.09. The maximum atomic E-state index is 11.7. The molecule has 0 saturated carbocycles. The largest absolute Gasteiger partial charge is 0.465 e. The molecule has 4 nitrogen and oxygen atoms in total. The van der Waals surface area contributed by atoms with Gasteiger partial charge >= 0.3 is 5.97 Å². The van der Waals surface area contributed by atoms with Crippen LogP contribution in [0.5, 0.6) is 0 Å². The molecule has 0 radical (unpaired) electrons. The Morgan fingerprint density at radius 3 is 2.35 bits per heavy atom. The Balaban J connectivity index is 2.58. The van der Waals surface area contributed by atoms with Gasteiger partial charge in [0.15, 0.2) is 6.29 Å². The van der Waals surface area contributed by atoms with E-state index in [0.29, 0.717) is 16.8 Å². The molecule has 2 aromatic rings. The predicted octanol–water partition coefficient (Wildman–Crippen LogP) is 3.64. The zero-order valence-electron chi connectivity index (χ0n) is 13.4. The first-order chi connectivity index (χ1) is 11.1. The van der Waals surface area contributed by atoms with Crippen LogP contribution in [0.2, 0.25) is 0 Å². The van der Waals surface area contributed by atoms with Crippen molar-refractivity contribution in [3.8, 4) is 0 Å². The van der Waals surface area contributed by atoms with Crippen LogP contribution in [0.1, 0.15) is 28.4 Å². The Hall–Kier alpha value is -2.88. The lowest BCUT2D eigenvalue weighted by atomic mass is 9.94. The van der Waals surface area contributed by atoms with Crippen molar-refractivity contribution in [2.75, 3.05) is 19.5 Å². The van der Waals surface area contributed by atoms with Crippen LogP contribution < -0.4 is 5.32 Å². The Bertz CT molecular complexity index is 748. The fraction of sp³-hybridized carbons (Fsp3) is 0.158. The summed E-state index contributed by atoms with van der Waals surface area (Å²) < 4.78 is 4.73. The van der Waals surface area contributed by atoms with Crippen molar-refractivity contribution in [2.45, 2.75) is 6.92 Å². The second kappa shape index (κ2) is 7.40. The van der Waals surface area contributed by atoms with Gasteiger partial charge in [-0.1, -0.05) is 36.4 Å². The van der Waals surface area contributed by atoms with E-state index in [0.717, 1.165) is 23.0 Å². The summed E-state index contributed by atoms with van der Waals surface area (Å²) >= 11 is 0. The van der Waals surface area contributed by atoms with Crippen LogP contribution in [0, 0.1) is 0 Å². The molecule has 0 atom stereocenters. The van der Waals surface area contributed by atoms with Gasteiger partial charge in [0.25, 0.3) is 0 Å². The first kappa shape index (κ1) is 16.5. The first-order valence-electron chi connectivity index (χ1n) is 7.24. The molecule has 4 heteroatoms. The number of benzene rings is 2. The van der Waals surface area contributed by atoms with Crippen LogP contribution in [0.25, 0.3) is 11.1 Å². The van der Waals surface area contributed by atoms with Gasteiger partial charge in [-0.2, -0.15) is 0 Å². The molecule has 2 aromatic carbocycles. The number of hydrogen-bond acceptors (Lipinski definition) is 4. The van der Waals surface area contributed by atoms with Gasteiger partial charge in [-0.05, 0) is 30.2 Å². The zero-order valence-corrected chi connectivity index (χ0v) is 13.4.